The summed E-state index contributed by atoms with van der Waals surface area (Å²) in [5, 5.41) is 28.7. The Kier molecular flexibility index (Phi) is 13.3. The number of hydrogen-bond donors (Lipinski definition) is 4. The van der Waals surface area contributed by atoms with Gasteiger partial charge in [0.05, 0.1) is 12.3 Å². The average molecular weight is 564 g/mol. The summed E-state index contributed by atoms with van der Waals surface area (Å²) in [5.74, 6) is -3.00. The number of aliphatic carboxylic acids is 1. The van der Waals surface area contributed by atoms with Crippen LogP contribution in [-0.2, 0) is 9.59 Å². The zero-order valence-corrected chi connectivity index (χ0v) is 24.3. The topological polar surface area (TPSA) is 121 Å². The molecule has 4 unspecified atom stereocenters. The number of benzene rings is 1. The molecule has 2 aliphatic rings. The minimum atomic E-state index is -2.50. The Labute approximate surface area is 237 Å². The van der Waals surface area contributed by atoms with Gasteiger partial charge in [-0.05, 0) is 65.5 Å². The highest BCUT2D eigenvalue weighted by atomic mass is 19.3. The number of nitrogens with one attached hydrogen (secondary N) is 3. The molecule has 1 aliphatic heterocycles. The van der Waals surface area contributed by atoms with Crippen LogP contribution in [0.2, 0.25) is 0 Å². The summed E-state index contributed by atoms with van der Waals surface area (Å²) < 4.78 is 24.8. The Balaban J connectivity index is 0.000000469. The van der Waals surface area contributed by atoms with E-state index in [9.17, 15) is 18.4 Å². The summed E-state index contributed by atoms with van der Waals surface area (Å²) in [6.45, 7) is 6.96. The van der Waals surface area contributed by atoms with Crippen LogP contribution in [0.4, 0.5) is 8.78 Å². The first-order valence-electron chi connectivity index (χ1n) is 14.3. The molecule has 2 fully saturated rings. The number of aldehydes is 1. The zero-order chi connectivity index (χ0) is 29.9. The van der Waals surface area contributed by atoms with Crippen LogP contribution in [-0.4, -0.2) is 76.5 Å². The zero-order valence-electron chi connectivity index (χ0n) is 24.3. The van der Waals surface area contributed by atoms with Gasteiger partial charge >= 0.3 is 5.97 Å². The third kappa shape index (κ3) is 10.4. The highest BCUT2D eigenvalue weighted by molar-refractivity contribution is 5.98. The standard InChI is InChI=1S/C23H37N5O2.C7H10F2O/c1-16-14-20(15-17(2)28(18(3)24)22(25)10-11-23(29)30)27(16)13-12-21(26-4)19-8-6-5-7-9-19;8-7(9)3-1-6(5-10)2-4-7/h5-9,16-17,20-21,24-26H,10-15H2,1-4H3,(H,29,30);5-6H,1-4H2. The number of carboxylic acids is 1. The van der Waals surface area contributed by atoms with Gasteiger partial charge in [-0.25, -0.2) is 8.78 Å². The predicted octanol–water partition coefficient (Wildman–Crippen LogP) is 5.73. The van der Waals surface area contributed by atoms with Gasteiger partial charge in [-0.3, -0.25) is 20.5 Å². The second-order valence-corrected chi connectivity index (χ2v) is 11.2. The Morgan fingerprint density at radius 1 is 1.23 bits per heavy atom. The number of amidine groups is 2. The molecular formula is C30H47F2N5O3. The van der Waals surface area contributed by atoms with Crippen molar-refractivity contribution in [3.05, 3.63) is 35.9 Å². The second kappa shape index (κ2) is 15.9. The number of halogens is 2. The van der Waals surface area contributed by atoms with E-state index in [4.69, 9.17) is 15.9 Å². The quantitative estimate of drug-likeness (QED) is 0.146. The molecule has 4 N–H and O–H groups in total. The molecule has 0 aromatic heterocycles. The number of alkyl halides is 2. The first-order valence-corrected chi connectivity index (χ1v) is 14.3. The highest BCUT2D eigenvalue weighted by Crippen LogP contribution is 2.35. The summed E-state index contributed by atoms with van der Waals surface area (Å²) in [5.41, 5.74) is 1.30. The van der Waals surface area contributed by atoms with E-state index in [-0.39, 0.29) is 43.5 Å². The van der Waals surface area contributed by atoms with Gasteiger partial charge in [0, 0.05) is 55.9 Å². The maximum Gasteiger partial charge on any atom is 0.303 e. The van der Waals surface area contributed by atoms with Gasteiger partial charge in [0.25, 0.3) is 0 Å². The molecule has 4 atom stereocenters. The molecule has 0 bridgehead atoms. The predicted molar refractivity (Wildman–Crippen MR) is 154 cm³/mol. The van der Waals surface area contributed by atoms with Gasteiger partial charge in [0.2, 0.25) is 5.92 Å². The highest BCUT2D eigenvalue weighted by Gasteiger charge is 2.37. The fourth-order valence-corrected chi connectivity index (χ4v) is 5.80. The third-order valence-corrected chi connectivity index (χ3v) is 8.11. The molecule has 1 heterocycles. The molecule has 10 heteroatoms. The van der Waals surface area contributed by atoms with Crippen molar-refractivity contribution in [2.24, 2.45) is 5.92 Å². The lowest BCUT2D eigenvalue weighted by Crippen LogP contribution is -2.57. The largest absolute Gasteiger partial charge is 0.481 e. The first-order chi connectivity index (χ1) is 18.9. The molecule has 1 saturated heterocycles. The summed E-state index contributed by atoms with van der Waals surface area (Å²) in [6.07, 6.45) is 4.36. The van der Waals surface area contributed by atoms with Crippen molar-refractivity contribution in [3.63, 3.8) is 0 Å². The summed E-state index contributed by atoms with van der Waals surface area (Å²) in [6, 6.07) is 11.8. The van der Waals surface area contributed by atoms with Crippen LogP contribution in [0.5, 0.6) is 0 Å². The lowest BCUT2D eigenvalue weighted by Gasteiger charge is -2.49. The second-order valence-electron chi connectivity index (χ2n) is 11.2. The number of rotatable bonds is 12. The van der Waals surface area contributed by atoms with Gasteiger partial charge in [-0.15, -0.1) is 0 Å². The molecule has 8 nitrogen and oxygen atoms in total. The molecule has 0 amide bonds. The van der Waals surface area contributed by atoms with Crippen molar-refractivity contribution in [2.75, 3.05) is 13.6 Å². The van der Waals surface area contributed by atoms with Gasteiger partial charge in [0.15, 0.2) is 0 Å². The number of nitrogens with zero attached hydrogens (tertiary/aromatic N) is 2. The number of carbonyl (C=O) groups is 2. The summed E-state index contributed by atoms with van der Waals surface area (Å²) in [7, 11) is 2.00. The van der Waals surface area contributed by atoms with Crippen LogP contribution < -0.4 is 5.32 Å². The van der Waals surface area contributed by atoms with Crippen LogP contribution in [0.1, 0.15) is 90.2 Å². The molecule has 1 aromatic carbocycles. The maximum absolute atomic E-state index is 12.4. The van der Waals surface area contributed by atoms with Crippen molar-refractivity contribution in [2.45, 2.75) is 109 Å². The number of likely N-dealkylation sites (tertiary alicyclic amines) is 1. The van der Waals surface area contributed by atoms with E-state index in [1.807, 2.05) is 20.0 Å². The molecule has 1 aromatic rings. The normalized spacial score (nSPS) is 22.1. The molecule has 0 spiro atoms. The average Bonchev–Trinajstić information content (AvgIpc) is 2.90. The molecular weight excluding hydrogens is 516 g/mol. The molecule has 0 radical (unpaired) electrons. The van der Waals surface area contributed by atoms with E-state index in [0.717, 1.165) is 32.1 Å². The van der Waals surface area contributed by atoms with Gasteiger partial charge < -0.3 is 20.1 Å². The number of carbonyl (C=O) groups excluding carboxylic acids is 1. The van der Waals surface area contributed by atoms with E-state index in [1.54, 1.807) is 11.8 Å². The fraction of sp³-hybridized carbons (Fsp3) is 0.667. The summed E-state index contributed by atoms with van der Waals surface area (Å²) in [4.78, 5) is 25.2. The third-order valence-electron chi connectivity index (χ3n) is 8.11. The Bertz CT molecular complexity index is 967. The number of hydrogen-bond acceptors (Lipinski definition) is 6. The fourth-order valence-electron chi connectivity index (χ4n) is 5.80. The lowest BCUT2D eigenvalue weighted by molar-refractivity contribution is -0.136. The molecule has 224 valence electrons. The number of carboxylic acid groups (broad SMARTS) is 1. The van der Waals surface area contributed by atoms with E-state index in [0.29, 0.717) is 36.8 Å². The van der Waals surface area contributed by atoms with Crippen molar-refractivity contribution in [1.82, 2.24) is 15.1 Å². The molecule has 40 heavy (non-hydrogen) atoms. The van der Waals surface area contributed by atoms with E-state index < -0.39 is 11.9 Å². The van der Waals surface area contributed by atoms with E-state index in [1.165, 1.54) is 5.56 Å². The monoisotopic (exact) mass is 563 g/mol. The Morgan fingerprint density at radius 2 is 1.85 bits per heavy atom. The van der Waals surface area contributed by atoms with Crippen LogP contribution >= 0.6 is 0 Å². The van der Waals surface area contributed by atoms with Crippen LogP contribution in [0.15, 0.2) is 30.3 Å². The Hall–Kier alpha value is -2.72. The Morgan fingerprint density at radius 3 is 2.35 bits per heavy atom. The van der Waals surface area contributed by atoms with Gasteiger partial charge in [0.1, 0.15) is 12.1 Å². The molecule has 1 saturated carbocycles. The van der Waals surface area contributed by atoms with Gasteiger partial charge in [-0.1, -0.05) is 30.3 Å². The van der Waals surface area contributed by atoms with Crippen molar-refractivity contribution in [3.8, 4) is 0 Å². The molecule has 3 rings (SSSR count). The maximum atomic E-state index is 12.4. The lowest BCUT2D eigenvalue weighted by atomic mass is 9.88. The van der Waals surface area contributed by atoms with Gasteiger partial charge in [-0.2, -0.15) is 0 Å². The van der Waals surface area contributed by atoms with E-state index in [2.05, 4.69) is 41.4 Å². The van der Waals surface area contributed by atoms with Crippen molar-refractivity contribution < 1.29 is 23.5 Å². The van der Waals surface area contributed by atoms with Crippen LogP contribution in [0.25, 0.3) is 0 Å². The first kappa shape index (κ1) is 33.5. The minimum absolute atomic E-state index is 0.00184. The minimum Gasteiger partial charge on any atom is -0.481 e. The van der Waals surface area contributed by atoms with Crippen molar-refractivity contribution in [1.29, 1.82) is 10.8 Å². The smallest absolute Gasteiger partial charge is 0.303 e. The summed E-state index contributed by atoms with van der Waals surface area (Å²) >= 11 is 0. The van der Waals surface area contributed by atoms with Crippen molar-refractivity contribution >= 4 is 23.9 Å². The SMILES string of the molecule is CNC(CCN1C(C)CC1CC(C)N(C(C)=N)C(=N)CCC(=O)O)c1ccccc1.O=CC1CCC(F)(F)CC1. The molecule has 1 aliphatic carbocycles. The van der Waals surface area contributed by atoms with Crippen LogP contribution in [0, 0.1) is 16.7 Å². The van der Waals surface area contributed by atoms with E-state index >= 15 is 0 Å². The van der Waals surface area contributed by atoms with Crippen LogP contribution in [0.3, 0.4) is 0 Å².